The Morgan fingerprint density at radius 3 is 2.16 bits per heavy atom. The average molecular weight is 481 g/mol. The van der Waals surface area contributed by atoms with E-state index in [-0.39, 0.29) is 38.5 Å². The number of hydrogen-bond acceptors (Lipinski definition) is 9. The van der Waals surface area contributed by atoms with Crippen molar-refractivity contribution in [1.82, 2.24) is 0 Å². The molecule has 0 atom stereocenters. The molecule has 0 amide bonds. The van der Waals surface area contributed by atoms with E-state index >= 15 is 0 Å². The van der Waals surface area contributed by atoms with Gasteiger partial charge in [-0.3, -0.25) is 4.55 Å². The van der Waals surface area contributed by atoms with Crippen molar-refractivity contribution in [1.29, 1.82) is 0 Å². The van der Waals surface area contributed by atoms with Gasteiger partial charge in [-0.15, -0.1) is 10.2 Å². The maximum atomic E-state index is 12.3. The number of aromatic hydroxyl groups is 1. The Labute approximate surface area is 184 Å². The topological polar surface area (TPSA) is 163 Å². The van der Waals surface area contributed by atoms with Crippen LogP contribution in [0.2, 0.25) is 0 Å². The zero-order chi connectivity index (χ0) is 23.7. The number of aryl methyl sites for hydroxylation is 1. The van der Waals surface area contributed by atoms with E-state index in [1.807, 2.05) is 0 Å². The van der Waals surface area contributed by atoms with Gasteiger partial charge in [0.25, 0.3) is 10.1 Å². The molecule has 12 heteroatoms. The molecule has 0 bridgehead atoms. The van der Waals surface area contributed by atoms with E-state index in [4.69, 9.17) is 9.84 Å². The van der Waals surface area contributed by atoms with Crippen molar-refractivity contribution < 1.29 is 36.3 Å². The van der Waals surface area contributed by atoms with Crippen molar-refractivity contribution in [2.24, 2.45) is 10.2 Å². The second-order valence-corrected chi connectivity index (χ2v) is 10.3. The molecule has 32 heavy (non-hydrogen) atoms. The van der Waals surface area contributed by atoms with Crippen molar-refractivity contribution in [2.45, 2.75) is 16.7 Å². The minimum Gasteiger partial charge on any atom is -0.505 e. The number of phenols is 1. The summed E-state index contributed by atoms with van der Waals surface area (Å²) in [6.45, 7) is 0.996. The number of sulfone groups is 1. The predicted octanol–water partition coefficient (Wildman–Crippen LogP) is 3.29. The van der Waals surface area contributed by atoms with Gasteiger partial charge in [-0.2, -0.15) is 8.42 Å². The van der Waals surface area contributed by atoms with Gasteiger partial charge in [0.05, 0.1) is 24.4 Å². The molecule has 0 spiro atoms. The minimum atomic E-state index is -4.62. The molecular weight excluding hydrogens is 460 g/mol. The van der Waals surface area contributed by atoms with Crippen LogP contribution in [0.4, 0.5) is 11.4 Å². The smallest absolute Gasteiger partial charge is 0.295 e. The van der Waals surface area contributed by atoms with E-state index in [2.05, 4.69) is 10.2 Å². The van der Waals surface area contributed by atoms with E-state index in [1.165, 1.54) is 38.3 Å². The van der Waals surface area contributed by atoms with E-state index in [0.29, 0.717) is 5.56 Å². The van der Waals surface area contributed by atoms with Gasteiger partial charge in [0.2, 0.25) is 0 Å². The Morgan fingerprint density at radius 1 is 0.938 bits per heavy atom. The van der Waals surface area contributed by atoms with Crippen molar-refractivity contribution in [3.05, 3.63) is 48.0 Å². The molecule has 3 rings (SSSR count). The number of hydrogen-bond donors (Lipinski definition) is 3. The van der Waals surface area contributed by atoms with Crippen LogP contribution in [-0.4, -0.2) is 51.1 Å². The maximum absolute atomic E-state index is 12.3. The van der Waals surface area contributed by atoms with Crippen LogP contribution in [-0.2, 0) is 20.0 Å². The molecule has 0 heterocycles. The highest BCUT2D eigenvalue weighted by atomic mass is 32.2. The molecule has 3 aromatic rings. The molecule has 0 aromatic heterocycles. The number of nitrogens with zero attached hydrogens (tertiary/aromatic N) is 2. The van der Waals surface area contributed by atoms with Crippen LogP contribution in [0.25, 0.3) is 10.8 Å². The number of aliphatic hydroxyl groups excluding tert-OH is 1. The van der Waals surface area contributed by atoms with Gasteiger partial charge in [-0.25, -0.2) is 8.42 Å². The van der Waals surface area contributed by atoms with E-state index in [1.54, 1.807) is 12.1 Å². The molecular formula is C20H20N2O8S2. The first-order valence-electron chi connectivity index (χ1n) is 9.15. The largest absolute Gasteiger partial charge is 0.505 e. The number of aliphatic hydroxyl groups is 1. The lowest BCUT2D eigenvalue weighted by Gasteiger charge is -2.11. The molecule has 0 aliphatic rings. The number of rotatable bonds is 7. The van der Waals surface area contributed by atoms with Gasteiger partial charge in [0, 0.05) is 16.8 Å². The SMILES string of the molecule is COc1cc(S(=O)(=O)CCO)c(C)cc1N=Nc1cc(S(=O)(=O)O)c2ccccc2c1O. The normalized spacial score (nSPS) is 12.5. The fourth-order valence-corrected chi connectivity index (χ4v) is 5.18. The summed E-state index contributed by atoms with van der Waals surface area (Å²) in [5.41, 5.74) is 0.219. The monoisotopic (exact) mass is 480 g/mol. The lowest BCUT2D eigenvalue weighted by Crippen LogP contribution is -2.11. The molecule has 0 radical (unpaired) electrons. The zero-order valence-electron chi connectivity index (χ0n) is 17.0. The summed E-state index contributed by atoms with van der Waals surface area (Å²) in [6, 6.07) is 9.65. The highest BCUT2D eigenvalue weighted by Gasteiger charge is 2.21. The first-order valence-corrected chi connectivity index (χ1v) is 12.2. The number of benzene rings is 3. The number of methoxy groups -OCH3 is 1. The van der Waals surface area contributed by atoms with Gasteiger partial charge in [-0.1, -0.05) is 24.3 Å². The Morgan fingerprint density at radius 2 is 1.56 bits per heavy atom. The summed E-state index contributed by atoms with van der Waals surface area (Å²) < 4.78 is 63.1. The molecule has 0 aliphatic heterocycles. The van der Waals surface area contributed by atoms with Gasteiger partial charge in [0.15, 0.2) is 15.6 Å². The van der Waals surface area contributed by atoms with Crippen LogP contribution in [0, 0.1) is 6.92 Å². The van der Waals surface area contributed by atoms with Crippen LogP contribution in [0.1, 0.15) is 5.56 Å². The summed E-state index contributed by atoms with van der Waals surface area (Å²) in [4.78, 5) is -0.488. The molecule has 3 N–H and O–H groups in total. The summed E-state index contributed by atoms with van der Waals surface area (Å²) in [5, 5.41) is 27.7. The molecule has 170 valence electrons. The standard InChI is InChI=1S/C20H20N2O8S2/c1-12-9-15(17(30-2)11-18(12)31(25,26)8-7-23)21-22-16-10-19(32(27,28)29)13-5-3-4-6-14(13)20(16)24/h3-6,9-11,23-24H,7-8H2,1-2H3,(H,27,28,29). The van der Waals surface area contributed by atoms with Gasteiger partial charge < -0.3 is 14.9 Å². The van der Waals surface area contributed by atoms with Crippen LogP contribution in [0.5, 0.6) is 11.5 Å². The summed E-state index contributed by atoms with van der Waals surface area (Å²) in [5.74, 6) is -0.748. The molecule has 10 nitrogen and oxygen atoms in total. The summed E-state index contributed by atoms with van der Waals surface area (Å²) >= 11 is 0. The van der Waals surface area contributed by atoms with Crippen molar-refractivity contribution in [3.63, 3.8) is 0 Å². The third-order valence-corrected chi connectivity index (χ3v) is 7.40. The Hall–Kier alpha value is -3.06. The molecule has 0 saturated carbocycles. The fourth-order valence-electron chi connectivity index (χ4n) is 3.17. The van der Waals surface area contributed by atoms with Crippen molar-refractivity contribution in [3.8, 4) is 11.5 Å². The first kappa shape index (κ1) is 23.6. The van der Waals surface area contributed by atoms with Crippen LogP contribution >= 0.6 is 0 Å². The lowest BCUT2D eigenvalue weighted by atomic mass is 10.1. The number of azo groups is 1. The fraction of sp³-hybridized carbons (Fsp3) is 0.200. The zero-order valence-corrected chi connectivity index (χ0v) is 18.7. The van der Waals surface area contributed by atoms with Crippen LogP contribution < -0.4 is 4.74 Å². The minimum absolute atomic E-state index is 0.0374. The van der Waals surface area contributed by atoms with Gasteiger partial charge >= 0.3 is 0 Å². The third-order valence-electron chi connectivity index (χ3n) is 4.67. The third kappa shape index (κ3) is 4.58. The molecule has 0 fully saturated rings. The van der Waals surface area contributed by atoms with Crippen LogP contribution in [0.15, 0.2) is 62.5 Å². The summed E-state index contributed by atoms with van der Waals surface area (Å²) in [7, 11) is -7.07. The number of ether oxygens (including phenoxy) is 1. The van der Waals surface area contributed by atoms with E-state index in [0.717, 1.165) is 6.07 Å². The molecule has 0 unspecified atom stereocenters. The van der Waals surface area contributed by atoms with E-state index < -0.39 is 37.2 Å². The predicted molar refractivity (Wildman–Crippen MR) is 116 cm³/mol. The Balaban J connectivity index is 2.16. The van der Waals surface area contributed by atoms with Gasteiger partial charge in [-0.05, 0) is 24.6 Å². The van der Waals surface area contributed by atoms with Crippen LogP contribution in [0.3, 0.4) is 0 Å². The quantitative estimate of drug-likeness (QED) is 0.342. The Kier molecular flexibility index (Phi) is 6.51. The summed E-state index contributed by atoms with van der Waals surface area (Å²) in [6.07, 6.45) is 0. The molecule has 3 aromatic carbocycles. The number of phenolic OH excluding ortho intramolecular Hbond substituents is 1. The Bertz CT molecular complexity index is 1430. The maximum Gasteiger partial charge on any atom is 0.295 e. The first-order chi connectivity index (χ1) is 15.0. The van der Waals surface area contributed by atoms with E-state index in [9.17, 15) is 26.5 Å². The number of fused-ring (bicyclic) bond motifs is 1. The van der Waals surface area contributed by atoms with Crippen molar-refractivity contribution >= 4 is 42.1 Å². The second kappa shape index (κ2) is 8.82. The average Bonchev–Trinajstić information content (AvgIpc) is 2.72. The molecule has 0 saturated heterocycles. The lowest BCUT2D eigenvalue weighted by molar-refractivity contribution is 0.319. The van der Waals surface area contributed by atoms with Crippen molar-refractivity contribution in [2.75, 3.05) is 19.5 Å². The highest BCUT2D eigenvalue weighted by molar-refractivity contribution is 7.91. The van der Waals surface area contributed by atoms with Gasteiger partial charge in [0.1, 0.15) is 22.0 Å². The molecule has 0 aliphatic carbocycles. The highest BCUT2D eigenvalue weighted by Crippen LogP contribution is 2.41. The second-order valence-electron chi connectivity index (χ2n) is 6.80.